The molecule has 1 aromatic rings. The molecule has 0 aromatic heterocycles. The van der Waals surface area contributed by atoms with Crippen molar-refractivity contribution in [3.63, 3.8) is 0 Å². The maximum absolute atomic E-state index is 10.6. The molecular formula is C27H46O2. The Labute approximate surface area is 180 Å². The largest absolute Gasteiger partial charge is 0.462 e. The maximum Gasteiger partial charge on any atom is 0.293 e. The number of aryl methyl sites for hydroxylation is 2. The molecule has 2 heteroatoms. The smallest absolute Gasteiger partial charge is 0.293 e. The van der Waals surface area contributed by atoms with Crippen LogP contribution in [0.1, 0.15) is 114 Å². The molecule has 0 N–H and O–H groups in total. The standard InChI is InChI=1S/C27H46O2/c1-21-19-24(15-12-14-18-27(7,8)29-20-28)23(3)25(22(21)2)16-11-9-10-13-17-26(4,5)6/h19-20H,9-18H2,1-8H3. The van der Waals surface area contributed by atoms with Gasteiger partial charge in [0, 0.05) is 0 Å². The summed E-state index contributed by atoms with van der Waals surface area (Å²) in [7, 11) is 0. The summed E-state index contributed by atoms with van der Waals surface area (Å²) in [6.07, 6.45) is 12.1. The summed E-state index contributed by atoms with van der Waals surface area (Å²) < 4.78 is 5.17. The lowest BCUT2D eigenvalue weighted by Crippen LogP contribution is -2.23. The fourth-order valence-electron chi connectivity index (χ4n) is 4.19. The Kier molecular flexibility index (Phi) is 10.4. The first-order valence-corrected chi connectivity index (χ1v) is 11.7. The lowest BCUT2D eigenvalue weighted by atomic mass is 9.87. The molecule has 0 aliphatic rings. The van der Waals surface area contributed by atoms with Crippen molar-refractivity contribution in [1.29, 1.82) is 0 Å². The molecule has 2 nitrogen and oxygen atoms in total. The Morgan fingerprint density at radius 3 is 2.00 bits per heavy atom. The van der Waals surface area contributed by atoms with Crippen LogP contribution in [0.25, 0.3) is 0 Å². The Balaban J connectivity index is 2.57. The lowest BCUT2D eigenvalue weighted by molar-refractivity contribution is -0.140. The highest BCUT2D eigenvalue weighted by molar-refractivity contribution is 5.44. The number of hydrogen-bond acceptors (Lipinski definition) is 2. The van der Waals surface area contributed by atoms with Gasteiger partial charge in [0.1, 0.15) is 5.60 Å². The molecule has 0 saturated heterocycles. The molecular weight excluding hydrogens is 356 g/mol. The summed E-state index contributed by atoms with van der Waals surface area (Å²) >= 11 is 0. The second-order valence-corrected chi connectivity index (χ2v) is 10.7. The Hall–Kier alpha value is -1.31. The normalized spacial score (nSPS) is 12.3. The summed E-state index contributed by atoms with van der Waals surface area (Å²) in [5.41, 5.74) is 7.63. The lowest BCUT2D eigenvalue weighted by Gasteiger charge is -2.22. The zero-order chi connectivity index (χ0) is 22.1. The van der Waals surface area contributed by atoms with E-state index in [1.165, 1.54) is 60.8 Å². The summed E-state index contributed by atoms with van der Waals surface area (Å²) in [5, 5.41) is 0. The average molecular weight is 403 g/mol. The average Bonchev–Trinajstić information content (AvgIpc) is 2.60. The molecule has 0 saturated carbocycles. The summed E-state index contributed by atoms with van der Waals surface area (Å²) in [4.78, 5) is 10.6. The third-order valence-electron chi connectivity index (χ3n) is 6.31. The minimum atomic E-state index is -0.349. The Morgan fingerprint density at radius 1 is 0.793 bits per heavy atom. The zero-order valence-electron chi connectivity index (χ0n) is 20.5. The van der Waals surface area contributed by atoms with E-state index in [2.05, 4.69) is 47.6 Å². The van der Waals surface area contributed by atoms with E-state index in [-0.39, 0.29) is 5.60 Å². The predicted octanol–water partition coefficient (Wildman–Crippen LogP) is 7.82. The monoisotopic (exact) mass is 402 g/mol. The van der Waals surface area contributed by atoms with Gasteiger partial charge in [-0.3, -0.25) is 4.79 Å². The molecule has 0 radical (unpaired) electrons. The molecule has 0 spiro atoms. The molecule has 166 valence electrons. The van der Waals surface area contributed by atoms with Crippen molar-refractivity contribution >= 4 is 6.47 Å². The highest BCUT2D eigenvalue weighted by Crippen LogP contribution is 2.27. The van der Waals surface area contributed by atoms with E-state index in [9.17, 15) is 4.79 Å². The van der Waals surface area contributed by atoms with Gasteiger partial charge in [-0.15, -0.1) is 0 Å². The van der Waals surface area contributed by atoms with E-state index in [1.807, 2.05) is 13.8 Å². The molecule has 0 amide bonds. The predicted molar refractivity (Wildman–Crippen MR) is 126 cm³/mol. The van der Waals surface area contributed by atoms with Gasteiger partial charge in [0.25, 0.3) is 6.47 Å². The van der Waals surface area contributed by atoms with Gasteiger partial charge in [0.2, 0.25) is 0 Å². The number of carbonyl (C=O) groups excluding carboxylic acids is 1. The van der Waals surface area contributed by atoms with Crippen LogP contribution < -0.4 is 0 Å². The SMILES string of the molecule is Cc1cc(CCCCC(C)(C)OC=O)c(C)c(CCCCCCC(C)(C)C)c1C. The third kappa shape index (κ3) is 9.83. The van der Waals surface area contributed by atoms with Crippen LogP contribution >= 0.6 is 0 Å². The molecule has 0 unspecified atom stereocenters. The molecule has 29 heavy (non-hydrogen) atoms. The van der Waals surface area contributed by atoms with E-state index in [0.29, 0.717) is 11.9 Å². The van der Waals surface area contributed by atoms with Crippen molar-refractivity contribution in [2.45, 2.75) is 125 Å². The minimum Gasteiger partial charge on any atom is -0.462 e. The van der Waals surface area contributed by atoms with E-state index >= 15 is 0 Å². The van der Waals surface area contributed by atoms with Crippen molar-refractivity contribution in [2.75, 3.05) is 0 Å². The number of hydrogen-bond donors (Lipinski definition) is 0. The van der Waals surface area contributed by atoms with Crippen LogP contribution in [0.2, 0.25) is 0 Å². The molecule has 1 aromatic carbocycles. The fourth-order valence-corrected chi connectivity index (χ4v) is 4.19. The fraction of sp³-hybridized carbons (Fsp3) is 0.741. The quantitative estimate of drug-likeness (QED) is 0.248. The minimum absolute atomic E-state index is 0.349. The number of rotatable bonds is 13. The highest BCUT2D eigenvalue weighted by Gasteiger charge is 2.18. The van der Waals surface area contributed by atoms with Crippen molar-refractivity contribution in [3.8, 4) is 0 Å². The first kappa shape index (κ1) is 25.7. The molecule has 0 aliphatic carbocycles. The molecule has 0 fully saturated rings. The van der Waals surface area contributed by atoms with Crippen LogP contribution in [0.5, 0.6) is 0 Å². The van der Waals surface area contributed by atoms with Crippen LogP contribution in [0, 0.1) is 26.2 Å². The molecule has 0 bridgehead atoms. The van der Waals surface area contributed by atoms with Crippen LogP contribution in [0.4, 0.5) is 0 Å². The van der Waals surface area contributed by atoms with Crippen LogP contribution in [0.3, 0.4) is 0 Å². The highest BCUT2D eigenvalue weighted by atomic mass is 16.5. The summed E-state index contributed by atoms with van der Waals surface area (Å²) in [5.74, 6) is 0. The topological polar surface area (TPSA) is 26.3 Å². The first-order valence-electron chi connectivity index (χ1n) is 11.7. The van der Waals surface area contributed by atoms with Gasteiger partial charge in [-0.2, -0.15) is 0 Å². The van der Waals surface area contributed by atoms with E-state index < -0.39 is 0 Å². The van der Waals surface area contributed by atoms with Gasteiger partial charge in [0.05, 0.1) is 0 Å². The maximum atomic E-state index is 10.6. The van der Waals surface area contributed by atoms with Crippen LogP contribution in [-0.2, 0) is 22.4 Å². The van der Waals surface area contributed by atoms with Gasteiger partial charge in [-0.1, -0.05) is 46.1 Å². The van der Waals surface area contributed by atoms with Crippen molar-refractivity contribution < 1.29 is 9.53 Å². The number of benzene rings is 1. The van der Waals surface area contributed by atoms with E-state index in [0.717, 1.165) is 25.7 Å². The van der Waals surface area contributed by atoms with Gasteiger partial charge in [-0.25, -0.2) is 0 Å². The molecule has 0 atom stereocenters. The second kappa shape index (κ2) is 11.8. The molecule has 0 heterocycles. The van der Waals surface area contributed by atoms with Crippen molar-refractivity contribution in [3.05, 3.63) is 33.9 Å². The van der Waals surface area contributed by atoms with Crippen molar-refractivity contribution in [1.82, 2.24) is 0 Å². The van der Waals surface area contributed by atoms with Crippen LogP contribution in [0.15, 0.2) is 6.07 Å². The molecule has 1 rings (SSSR count). The summed E-state index contributed by atoms with van der Waals surface area (Å²) in [6.45, 7) is 18.4. The first-order chi connectivity index (χ1) is 13.5. The third-order valence-corrected chi connectivity index (χ3v) is 6.31. The number of carbonyl (C=O) groups is 1. The van der Waals surface area contributed by atoms with Crippen molar-refractivity contribution in [2.24, 2.45) is 5.41 Å². The van der Waals surface area contributed by atoms with E-state index in [4.69, 9.17) is 4.74 Å². The van der Waals surface area contributed by atoms with Crippen LogP contribution in [-0.4, -0.2) is 12.1 Å². The summed E-state index contributed by atoms with van der Waals surface area (Å²) in [6, 6.07) is 2.39. The van der Waals surface area contributed by atoms with Gasteiger partial charge < -0.3 is 4.74 Å². The Morgan fingerprint density at radius 2 is 1.38 bits per heavy atom. The number of unbranched alkanes of at least 4 members (excludes halogenated alkanes) is 4. The molecule has 0 aliphatic heterocycles. The number of ether oxygens (including phenoxy) is 1. The van der Waals surface area contributed by atoms with Gasteiger partial charge >= 0.3 is 0 Å². The van der Waals surface area contributed by atoms with Gasteiger partial charge in [0.15, 0.2) is 0 Å². The second-order valence-electron chi connectivity index (χ2n) is 10.7. The van der Waals surface area contributed by atoms with E-state index in [1.54, 1.807) is 5.56 Å². The van der Waals surface area contributed by atoms with Gasteiger partial charge in [-0.05, 0) is 113 Å². The Bertz CT molecular complexity index is 635. The zero-order valence-corrected chi connectivity index (χ0v) is 20.5.